The molecule has 9 aromatic rings. The first kappa shape index (κ1) is 37.4. The first-order valence-corrected chi connectivity index (χ1v) is 22.8. The van der Waals surface area contributed by atoms with E-state index in [-0.39, 0.29) is 16.2 Å². The molecule has 1 spiro atoms. The Morgan fingerprint density at radius 2 is 0.766 bits per heavy atom. The molecule has 64 heavy (non-hydrogen) atoms. The second kappa shape index (κ2) is 12.7. The molecule has 4 aliphatic rings. The summed E-state index contributed by atoms with van der Waals surface area (Å²) in [4.78, 5) is 2.53. The Hall–Kier alpha value is -7.16. The summed E-state index contributed by atoms with van der Waals surface area (Å²) in [5, 5.41) is 2.29. The highest BCUT2D eigenvalue weighted by atomic mass is 16.5. The average Bonchev–Trinajstić information content (AvgIpc) is 3.69. The van der Waals surface area contributed by atoms with Crippen LogP contribution >= 0.6 is 0 Å². The number of rotatable bonds is 3. The van der Waals surface area contributed by atoms with Crippen molar-refractivity contribution in [2.24, 2.45) is 0 Å². The molecular weight excluding hydrogens is 775 g/mol. The second-order valence-electron chi connectivity index (χ2n) is 20.0. The molecule has 0 saturated heterocycles. The Labute approximate surface area is 376 Å². The van der Waals surface area contributed by atoms with Gasteiger partial charge in [0.05, 0.1) is 5.41 Å². The Morgan fingerprint density at radius 3 is 1.41 bits per heavy atom. The van der Waals surface area contributed by atoms with Gasteiger partial charge in [0.1, 0.15) is 11.5 Å². The quantitative estimate of drug-likeness (QED) is 0.176. The van der Waals surface area contributed by atoms with E-state index in [9.17, 15) is 0 Å². The summed E-state index contributed by atoms with van der Waals surface area (Å²) < 4.78 is 7.08. The van der Waals surface area contributed by atoms with Gasteiger partial charge in [-0.1, -0.05) is 187 Å². The Bertz CT molecular complexity index is 3370. The van der Waals surface area contributed by atoms with Crippen molar-refractivity contribution >= 4 is 27.8 Å². The maximum Gasteiger partial charge on any atom is 0.140 e. The number of hydrogen-bond acceptors (Lipinski definition) is 2. The van der Waals surface area contributed by atoms with Gasteiger partial charge >= 0.3 is 0 Å². The molecule has 1 atom stereocenters. The Morgan fingerprint density at radius 1 is 0.328 bits per heavy atom. The third kappa shape index (κ3) is 4.70. The second-order valence-corrected chi connectivity index (χ2v) is 20.0. The zero-order valence-corrected chi connectivity index (χ0v) is 37.3. The normalized spacial score (nSPS) is 18.1. The van der Waals surface area contributed by atoms with Crippen LogP contribution in [0.3, 0.4) is 0 Å². The molecule has 1 unspecified atom stereocenters. The fraction of sp³-hybridized carbons (Fsp3) is 0.161. The van der Waals surface area contributed by atoms with Gasteiger partial charge in [-0.3, -0.25) is 0 Å². The van der Waals surface area contributed by atoms with E-state index in [4.69, 9.17) is 4.74 Å². The first-order chi connectivity index (χ1) is 31.0. The highest BCUT2D eigenvalue weighted by molar-refractivity contribution is 5.94. The molecular formula is C62H49NO. The predicted octanol–water partition coefficient (Wildman–Crippen LogP) is 16.0. The molecule has 1 heterocycles. The zero-order chi connectivity index (χ0) is 43.3. The number of fused-ring (bicyclic) bond motifs is 16. The summed E-state index contributed by atoms with van der Waals surface area (Å²) in [6.07, 6.45) is 0. The van der Waals surface area contributed by atoms with Gasteiger partial charge in [-0.25, -0.2) is 0 Å². The maximum atomic E-state index is 7.08. The lowest BCUT2D eigenvalue weighted by Crippen LogP contribution is -2.43. The van der Waals surface area contributed by atoms with Crippen LogP contribution in [0.1, 0.15) is 97.2 Å². The highest BCUT2D eigenvalue weighted by Gasteiger charge is 2.53. The minimum atomic E-state index is -0.666. The summed E-state index contributed by atoms with van der Waals surface area (Å²) in [7, 11) is 0. The molecule has 3 aliphatic carbocycles. The lowest BCUT2D eigenvalue weighted by Gasteiger charge is -2.50. The number of benzene rings is 9. The van der Waals surface area contributed by atoms with Crippen molar-refractivity contribution in [2.45, 2.75) is 63.2 Å². The van der Waals surface area contributed by atoms with E-state index in [1.807, 2.05) is 0 Å². The zero-order valence-electron chi connectivity index (χ0n) is 37.3. The highest BCUT2D eigenvalue weighted by Crippen LogP contribution is 2.63. The molecule has 308 valence electrons. The van der Waals surface area contributed by atoms with E-state index in [2.05, 4.69) is 234 Å². The smallest absolute Gasteiger partial charge is 0.140 e. The standard InChI is InChI=1S/C62H49NO/c1-59(2)47-21-11-9-19-43(47)45-31-28-39(35-54(45)59)63(40-29-32-46-44-20-10-12-22-48(44)60(3,4)55(46)36-40)41-30-34-50-56(37-41)62(51-24-14-13-23-49(51)61(50,5)6)52-25-15-16-26-57(52)64-58-42-18-8-7-17-38(42)27-33-53(58)62/h7-37H,1-6H3. The molecule has 2 heteroatoms. The molecule has 0 radical (unpaired) electrons. The van der Waals surface area contributed by atoms with Gasteiger partial charge in [-0.15, -0.1) is 0 Å². The molecule has 0 N–H and O–H groups in total. The van der Waals surface area contributed by atoms with Crippen LogP contribution in [0.25, 0.3) is 33.0 Å². The minimum Gasteiger partial charge on any atom is -0.456 e. The summed E-state index contributed by atoms with van der Waals surface area (Å²) >= 11 is 0. The van der Waals surface area contributed by atoms with Crippen molar-refractivity contribution in [2.75, 3.05) is 4.90 Å². The summed E-state index contributed by atoms with van der Waals surface area (Å²) in [5.74, 6) is 1.83. The van der Waals surface area contributed by atoms with Crippen LogP contribution in [0.4, 0.5) is 17.1 Å². The van der Waals surface area contributed by atoms with Crippen LogP contribution in [0.15, 0.2) is 188 Å². The lowest BCUT2D eigenvalue weighted by molar-refractivity contribution is 0.430. The van der Waals surface area contributed by atoms with Gasteiger partial charge in [0.2, 0.25) is 0 Å². The summed E-state index contributed by atoms with van der Waals surface area (Å²) in [5.41, 5.74) is 20.5. The average molecular weight is 824 g/mol. The predicted molar refractivity (Wildman–Crippen MR) is 264 cm³/mol. The van der Waals surface area contributed by atoms with Gasteiger partial charge in [0.25, 0.3) is 0 Å². The lowest BCUT2D eigenvalue weighted by atomic mass is 9.53. The molecule has 9 aromatic carbocycles. The minimum absolute atomic E-state index is 0.152. The van der Waals surface area contributed by atoms with Crippen LogP contribution < -0.4 is 9.64 Å². The molecule has 13 rings (SSSR count). The van der Waals surface area contributed by atoms with Crippen LogP contribution in [0.5, 0.6) is 11.5 Å². The van der Waals surface area contributed by atoms with Gasteiger partial charge < -0.3 is 9.64 Å². The molecule has 2 nitrogen and oxygen atoms in total. The van der Waals surface area contributed by atoms with E-state index in [0.717, 1.165) is 33.9 Å². The van der Waals surface area contributed by atoms with Crippen molar-refractivity contribution < 1.29 is 4.74 Å². The molecule has 0 bridgehead atoms. The van der Waals surface area contributed by atoms with Crippen molar-refractivity contribution in [1.82, 2.24) is 0 Å². The number of hydrogen-bond donors (Lipinski definition) is 0. The number of ether oxygens (including phenoxy) is 1. The topological polar surface area (TPSA) is 12.5 Å². The van der Waals surface area contributed by atoms with Crippen molar-refractivity contribution in [1.29, 1.82) is 0 Å². The van der Waals surface area contributed by atoms with Gasteiger partial charge in [0, 0.05) is 49.8 Å². The summed E-state index contributed by atoms with van der Waals surface area (Å²) in [6.45, 7) is 14.3. The fourth-order valence-electron chi connectivity index (χ4n) is 12.6. The molecule has 0 amide bonds. The molecule has 1 aliphatic heterocycles. The van der Waals surface area contributed by atoms with Gasteiger partial charge in [0.15, 0.2) is 0 Å². The third-order valence-corrected chi connectivity index (χ3v) is 15.8. The van der Waals surface area contributed by atoms with E-state index in [1.54, 1.807) is 0 Å². The number of anilines is 3. The van der Waals surface area contributed by atoms with Crippen molar-refractivity contribution in [3.05, 3.63) is 244 Å². The van der Waals surface area contributed by atoms with E-state index < -0.39 is 5.41 Å². The Balaban J connectivity index is 1.11. The van der Waals surface area contributed by atoms with E-state index >= 15 is 0 Å². The van der Waals surface area contributed by atoms with Crippen LogP contribution in [-0.4, -0.2) is 0 Å². The van der Waals surface area contributed by atoms with Crippen molar-refractivity contribution in [3.63, 3.8) is 0 Å². The number of nitrogens with zero attached hydrogens (tertiary/aromatic N) is 1. The van der Waals surface area contributed by atoms with Crippen LogP contribution in [0, 0.1) is 0 Å². The first-order valence-electron chi connectivity index (χ1n) is 22.8. The molecule has 0 aromatic heterocycles. The molecule has 0 fully saturated rings. The summed E-state index contributed by atoms with van der Waals surface area (Å²) in [6, 6.07) is 70.9. The van der Waals surface area contributed by atoms with E-state index in [0.29, 0.717) is 0 Å². The van der Waals surface area contributed by atoms with E-state index in [1.165, 1.54) is 83.3 Å². The van der Waals surface area contributed by atoms with Gasteiger partial charge in [-0.05, 0) is 115 Å². The maximum absolute atomic E-state index is 7.08. The number of para-hydroxylation sites is 1. The monoisotopic (exact) mass is 823 g/mol. The van der Waals surface area contributed by atoms with Gasteiger partial charge in [-0.2, -0.15) is 0 Å². The molecule has 0 saturated carbocycles. The SMILES string of the molecule is CC1(C)c2ccccc2-c2ccc(N(c3ccc4c(c3)C(C)(C)c3ccccc3-4)c3ccc4c(c3)C3(c5ccccc5Oc5c3ccc3ccccc53)c3ccccc3C4(C)C)cc21. The van der Waals surface area contributed by atoms with Crippen LogP contribution in [0.2, 0.25) is 0 Å². The third-order valence-electron chi connectivity index (χ3n) is 15.8. The largest absolute Gasteiger partial charge is 0.456 e. The van der Waals surface area contributed by atoms with Crippen LogP contribution in [-0.2, 0) is 21.7 Å². The fourth-order valence-corrected chi connectivity index (χ4v) is 12.6. The Kier molecular flexibility index (Phi) is 7.44. The van der Waals surface area contributed by atoms with Crippen molar-refractivity contribution in [3.8, 4) is 33.8 Å².